The lowest BCUT2D eigenvalue weighted by Gasteiger charge is -2.41. The van der Waals surface area contributed by atoms with Crippen molar-refractivity contribution in [2.24, 2.45) is 0 Å². The predicted molar refractivity (Wildman–Crippen MR) is 269 cm³/mol. The minimum absolute atomic E-state index is 0.228. The Morgan fingerprint density at radius 2 is 0.970 bits per heavy atom. The van der Waals surface area contributed by atoms with Crippen molar-refractivity contribution in [3.8, 4) is 0 Å². The van der Waals surface area contributed by atoms with Gasteiger partial charge in [0, 0.05) is 6.42 Å². The first kappa shape index (κ1) is 62.9. The van der Waals surface area contributed by atoms with Gasteiger partial charge in [-0.05, 0) is 38.5 Å². The number of hydrogen-bond acceptors (Lipinski definition) is 10. The maximum atomic E-state index is 13.1. The molecule has 0 aromatic rings. The molecule has 0 bridgehead atoms. The van der Waals surface area contributed by atoms with Crippen LogP contribution in [0.5, 0.6) is 0 Å². The van der Waals surface area contributed by atoms with Gasteiger partial charge in [-0.25, -0.2) is 4.18 Å². The maximum Gasteiger partial charge on any atom is 0.397 e. The lowest BCUT2D eigenvalue weighted by atomic mass is 9.99. The molecule has 1 rings (SSSR count). The van der Waals surface area contributed by atoms with E-state index in [1.807, 2.05) is 0 Å². The number of aliphatic hydroxyl groups excluding tert-OH is 4. The van der Waals surface area contributed by atoms with Gasteiger partial charge in [0.2, 0.25) is 5.91 Å². The van der Waals surface area contributed by atoms with Gasteiger partial charge in [0.15, 0.2) is 6.29 Å². The summed E-state index contributed by atoms with van der Waals surface area (Å²) in [5.41, 5.74) is 0. The van der Waals surface area contributed by atoms with Crippen LogP contribution in [-0.2, 0) is 28.9 Å². The summed E-state index contributed by atoms with van der Waals surface area (Å²) in [4.78, 5) is 13.1. The van der Waals surface area contributed by atoms with E-state index in [1.54, 1.807) is 0 Å². The van der Waals surface area contributed by atoms with E-state index in [0.29, 0.717) is 12.8 Å². The van der Waals surface area contributed by atoms with Gasteiger partial charge in [-0.2, -0.15) is 8.42 Å². The normalized spacial score (nSPS) is 20.0. The fourth-order valence-electron chi connectivity index (χ4n) is 9.04. The smallest absolute Gasteiger partial charge is 0.394 e. The minimum atomic E-state index is -5.07. The number of amides is 1. The summed E-state index contributed by atoms with van der Waals surface area (Å²) in [6, 6.07) is -0.854. The van der Waals surface area contributed by atoms with Crippen molar-refractivity contribution >= 4 is 16.3 Å². The number of carbonyl (C=O) groups excluding carboxylic acids is 1. The fourth-order valence-corrected chi connectivity index (χ4v) is 9.55. The van der Waals surface area contributed by atoms with Gasteiger partial charge in [0.25, 0.3) is 0 Å². The molecule has 1 saturated heterocycles. The van der Waals surface area contributed by atoms with Gasteiger partial charge in [0.1, 0.15) is 24.4 Å². The molecule has 0 radical (unpaired) electrons. The van der Waals surface area contributed by atoms with Gasteiger partial charge in [-0.15, -0.1) is 0 Å². The quantitative estimate of drug-likeness (QED) is 0.0193. The molecule has 13 heteroatoms. The molecule has 7 atom stereocenters. The van der Waals surface area contributed by atoms with Crippen molar-refractivity contribution in [2.75, 3.05) is 13.2 Å². The average molecular weight is 962 g/mol. The van der Waals surface area contributed by atoms with Gasteiger partial charge in [0.05, 0.1) is 25.4 Å². The van der Waals surface area contributed by atoms with E-state index >= 15 is 0 Å². The first-order valence-corrected chi connectivity index (χ1v) is 28.9. The molecule has 1 aliphatic heterocycles. The maximum absolute atomic E-state index is 13.1. The zero-order valence-corrected chi connectivity index (χ0v) is 43.1. The minimum Gasteiger partial charge on any atom is -0.394 e. The topological polar surface area (TPSA) is 192 Å². The summed E-state index contributed by atoms with van der Waals surface area (Å²) < 4.78 is 47.7. The Bertz CT molecular complexity index is 1220. The van der Waals surface area contributed by atoms with E-state index in [2.05, 4.69) is 35.5 Å². The molecule has 0 saturated carbocycles. The monoisotopic (exact) mass is 962 g/mol. The third-order valence-corrected chi connectivity index (χ3v) is 13.8. The van der Waals surface area contributed by atoms with Crippen LogP contribution in [0.4, 0.5) is 0 Å². The molecular weight excluding hydrogens is 859 g/mol. The number of ether oxygens (including phenoxy) is 2. The molecule has 0 aromatic heterocycles. The van der Waals surface area contributed by atoms with Crippen molar-refractivity contribution in [3.63, 3.8) is 0 Å². The van der Waals surface area contributed by atoms with Crippen LogP contribution in [0, 0.1) is 0 Å². The number of rotatable bonds is 48. The Morgan fingerprint density at radius 3 is 1.36 bits per heavy atom. The Morgan fingerprint density at radius 1 is 0.591 bits per heavy atom. The van der Waals surface area contributed by atoms with Crippen molar-refractivity contribution in [2.45, 2.75) is 307 Å². The van der Waals surface area contributed by atoms with Gasteiger partial charge in [-0.1, -0.05) is 231 Å². The van der Waals surface area contributed by atoms with E-state index in [4.69, 9.17) is 9.47 Å². The van der Waals surface area contributed by atoms with Crippen LogP contribution < -0.4 is 5.32 Å². The SMILES string of the molecule is CCCCCCCCCCCCCC/C=C\CCCCCCCCCCCCCCCC(=O)NC(COC1OC(CO)C(O)C(OS(=O)(=O)O)C1O)C(O)CCCCCCCCCCCC. The second-order valence-electron chi connectivity index (χ2n) is 19.5. The highest BCUT2D eigenvalue weighted by Gasteiger charge is 2.48. The lowest BCUT2D eigenvalue weighted by Crippen LogP contribution is -2.61. The number of nitrogens with one attached hydrogen (secondary N) is 1. The molecule has 1 fully saturated rings. The van der Waals surface area contributed by atoms with E-state index in [-0.39, 0.29) is 12.5 Å². The second kappa shape index (κ2) is 43.8. The van der Waals surface area contributed by atoms with Gasteiger partial charge in [-0.3, -0.25) is 9.35 Å². The van der Waals surface area contributed by atoms with Crippen LogP contribution in [-0.4, -0.2) is 95.4 Å². The third kappa shape index (κ3) is 35.9. The zero-order valence-electron chi connectivity index (χ0n) is 42.3. The summed E-state index contributed by atoms with van der Waals surface area (Å²) in [5.74, 6) is -0.228. The number of unbranched alkanes of at least 4 members (excludes halogenated alkanes) is 34. The largest absolute Gasteiger partial charge is 0.397 e. The molecule has 0 spiro atoms. The van der Waals surface area contributed by atoms with Gasteiger partial charge >= 0.3 is 10.4 Å². The van der Waals surface area contributed by atoms with Crippen LogP contribution in [0.3, 0.4) is 0 Å². The molecule has 0 aromatic carbocycles. The van der Waals surface area contributed by atoms with E-state index in [1.165, 1.54) is 186 Å². The van der Waals surface area contributed by atoms with Crippen LogP contribution in [0.1, 0.15) is 264 Å². The van der Waals surface area contributed by atoms with Crippen LogP contribution in [0.2, 0.25) is 0 Å². The average Bonchev–Trinajstić information content (AvgIpc) is 3.29. The third-order valence-electron chi connectivity index (χ3n) is 13.3. The summed E-state index contributed by atoms with van der Waals surface area (Å²) in [6.45, 7) is 3.45. The van der Waals surface area contributed by atoms with Gasteiger partial charge < -0.3 is 35.2 Å². The Kier molecular flexibility index (Phi) is 41.7. The summed E-state index contributed by atoms with van der Waals surface area (Å²) >= 11 is 0. The summed E-state index contributed by atoms with van der Waals surface area (Å²) in [6.07, 6.45) is 42.5. The highest BCUT2D eigenvalue weighted by Crippen LogP contribution is 2.26. The first-order chi connectivity index (χ1) is 32.0. The lowest BCUT2D eigenvalue weighted by molar-refractivity contribution is -0.298. The molecule has 392 valence electrons. The van der Waals surface area contributed by atoms with Crippen molar-refractivity contribution < 1.29 is 51.8 Å². The highest BCUT2D eigenvalue weighted by molar-refractivity contribution is 7.80. The number of allylic oxidation sites excluding steroid dienone is 2. The Hall–Kier alpha value is -1.16. The van der Waals surface area contributed by atoms with Crippen LogP contribution in [0.25, 0.3) is 0 Å². The van der Waals surface area contributed by atoms with E-state index in [0.717, 1.165) is 51.4 Å². The molecular formula is C53H103NO11S. The molecule has 0 aliphatic carbocycles. The summed E-state index contributed by atoms with van der Waals surface area (Å²) in [5, 5.41) is 44.9. The molecule has 1 amide bonds. The molecule has 6 N–H and O–H groups in total. The Labute approximate surface area is 404 Å². The molecule has 1 aliphatic rings. The number of hydrogen-bond donors (Lipinski definition) is 6. The predicted octanol–water partition coefficient (Wildman–Crippen LogP) is 12.3. The van der Waals surface area contributed by atoms with E-state index < -0.39 is 59.9 Å². The van der Waals surface area contributed by atoms with Crippen molar-refractivity contribution in [1.29, 1.82) is 0 Å². The van der Waals surface area contributed by atoms with Crippen LogP contribution in [0.15, 0.2) is 12.2 Å². The van der Waals surface area contributed by atoms with Crippen molar-refractivity contribution in [1.82, 2.24) is 5.32 Å². The molecule has 1 heterocycles. The first-order valence-electron chi connectivity index (χ1n) is 27.6. The number of carbonyl (C=O) groups is 1. The zero-order chi connectivity index (χ0) is 48.4. The second-order valence-corrected chi connectivity index (χ2v) is 20.6. The molecule has 7 unspecified atom stereocenters. The van der Waals surface area contributed by atoms with Crippen molar-refractivity contribution in [3.05, 3.63) is 12.2 Å². The van der Waals surface area contributed by atoms with Crippen LogP contribution >= 0.6 is 0 Å². The standard InChI is InChI=1S/C53H103NO11S/c1-3-5-7-9-11-13-15-16-17-18-19-20-21-22-23-24-25-26-27-28-29-30-31-32-33-35-37-39-41-43-49(57)54-46(47(56)42-40-38-36-34-14-12-10-8-6-4-2)45-63-53-51(59)52(65-66(60,61)62)50(58)48(44-55)64-53/h22-23,46-48,50-53,55-56,58-59H,3-21,24-45H2,1-2H3,(H,54,57)(H,60,61,62)/b23-22-. The van der Waals surface area contributed by atoms with E-state index in [9.17, 15) is 38.2 Å². The Balaban J connectivity index is 2.24. The summed E-state index contributed by atoms with van der Waals surface area (Å²) in [7, 11) is -5.07. The highest BCUT2D eigenvalue weighted by atomic mass is 32.3. The number of aliphatic hydroxyl groups is 4. The fraction of sp³-hybridized carbons (Fsp3) is 0.943. The molecule has 12 nitrogen and oxygen atoms in total. The molecule has 66 heavy (non-hydrogen) atoms.